The number of carbonyl (C=O) groups is 3. The Morgan fingerprint density at radius 3 is 1.05 bits per heavy atom. The molecule has 65 heavy (non-hydrogen) atoms. The van der Waals surface area contributed by atoms with E-state index < -0.39 is 6.10 Å². The predicted molar refractivity (Wildman–Crippen MR) is 279 cm³/mol. The first kappa shape index (κ1) is 61.3. The molecule has 0 aliphatic carbocycles. The fourth-order valence-corrected chi connectivity index (χ4v) is 7.03. The summed E-state index contributed by atoms with van der Waals surface area (Å²) >= 11 is 0. The van der Waals surface area contributed by atoms with Gasteiger partial charge in [0.25, 0.3) is 0 Å². The highest BCUT2D eigenvalue weighted by Crippen LogP contribution is 2.13. The third-order valence-electron chi connectivity index (χ3n) is 11.0. The van der Waals surface area contributed by atoms with Crippen LogP contribution in [0.25, 0.3) is 0 Å². The van der Waals surface area contributed by atoms with Crippen LogP contribution in [-0.2, 0) is 28.6 Å². The molecule has 0 N–H and O–H groups in total. The summed E-state index contributed by atoms with van der Waals surface area (Å²) in [5.74, 6) is -0.991. The van der Waals surface area contributed by atoms with Crippen molar-refractivity contribution in [2.45, 2.75) is 245 Å². The first-order valence-corrected chi connectivity index (χ1v) is 26.7. The number of esters is 3. The molecule has 0 saturated carbocycles. The van der Waals surface area contributed by atoms with Crippen molar-refractivity contribution in [1.29, 1.82) is 0 Å². The van der Waals surface area contributed by atoms with Gasteiger partial charge >= 0.3 is 17.9 Å². The topological polar surface area (TPSA) is 78.9 Å². The van der Waals surface area contributed by atoms with Crippen molar-refractivity contribution in [1.82, 2.24) is 0 Å². The van der Waals surface area contributed by atoms with E-state index in [1.807, 2.05) is 0 Å². The molecular weight excluding hydrogens is 805 g/mol. The Balaban J connectivity index is 4.52. The summed E-state index contributed by atoms with van der Waals surface area (Å²) in [6.45, 7) is 6.42. The molecule has 6 heteroatoms. The van der Waals surface area contributed by atoms with Gasteiger partial charge in [-0.1, -0.05) is 201 Å². The Morgan fingerprint density at radius 1 is 0.323 bits per heavy atom. The fourth-order valence-electron chi connectivity index (χ4n) is 7.03. The molecule has 1 atom stereocenters. The van der Waals surface area contributed by atoms with Crippen LogP contribution in [0.2, 0.25) is 0 Å². The standard InChI is InChI=1S/C59H98O6/c1-4-7-10-13-16-19-22-25-28-29-32-34-37-40-43-46-49-52-58(61)64-55-56(65-59(62)53-50-47-44-41-38-35-31-27-24-21-18-15-12-9-6-3)54-63-57(60)51-48-45-42-39-36-33-30-26-23-20-17-14-11-8-5-2/h8,11,16-17,19-20,25-28,30-32,34,40,43,56H,4-7,9-10,12-15,18,21-24,29,33,35-39,41-42,44-55H2,1-3H3/b11-8-,19-16-,20-17-,28-25-,30-26-,31-27-,34-32-,43-40-/t56-/m1/s1. The average Bonchev–Trinajstić information content (AvgIpc) is 3.30. The molecule has 0 fully saturated rings. The Bertz CT molecular complexity index is 1310. The molecule has 370 valence electrons. The number of unbranched alkanes of at least 4 members (excludes halogenated alkanes) is 20. The molecule has 0 aromatic heterocycles. The summed E-state index contributed by atoms with van der Waals surface area (Å²) in [5, 5.41) is 0. The summed E-state index contributed by atoms with van der Waals surface area (Å²) in [5.41, 5.74) is 0. The van der Waals surface area contributed by atoms with E-state index in [1.54, 1.807) is 0 Å². The average molecular weight is 903 g/mol. The molecule has 6 nitrogen and oxygen atoms in total. The van der Waals surface area contributed by atoms with Gasteiger partial charge in [-0.2, -0.15) is 0 Å². The molecule has 0 unspecified atom stereocenters. The van der Waals surface area contributed by atoms with Crippen molar-refractivity contribution in [2.24, 2.45) is 0 Å². The second-order valence-electron chi connectivity index (χ2n) is 17.4. The quantitative estimate of drug-likeness (QED) is 0.0262. The van der Waals surface area contributed by atoms with E-state index in [0.29, 0.717) is 19.3 Å². The number of carbonyl (C=O) groups excluding carboxylic acids is 3. The fraction of sp³-hybridized carbons (Fsp3) is 0.678. The van der Waals surface area contributed by atoms with Gasteiger partial charge in [0.1, 0.15) is 13.2 Å². The lowest BCUT2D eigenvalue weighted by Gasteiger charge is -2.18. The van der Waals surface area contributed by atoms with Crippen molar-refractivity contribution in [2.75, 3.05) is 13.2 Å². The SMILES string of the molecule is CC/C=C\C/C=C\C/C=C\CCCCCCCC(=O)OC[C@H](COC(=O)CCC/C=C\C/C=C\C/C=C\C/C=C\CCCCC)OC(=O)CCCCCCC/C=C\CCCCCCCC. The van der Waals surface area contributed by atoms with Crippen molar-refractivity contribution < 1.29 is 28.6 Å². The normalized spacial score (nSPS) is 12.8. The highest BCUT2D eigenvalue weighted by molar-refractivity contribution is 5.71. The zero-order valence-electron chi connectivity index (χ0n) is 42.2. The Labute approximate surface area is 400 Å². The number of rotatable bonds is 47. The van der Waals surface area contributed by atoms with Gasteiger partial charge in [-0.25, -0.2) is 0 Å². The zero-order chi connectivity index (χ0) is 47.2. The second-order valence-corrected chi connectivity index (χ2v) is 17.4. The number of allylic oxidation sites excluding steroid dienone is 16. The van der Waals surface area contributed by atoms with E-state index in [9.17, 15) is 14.4 Å². The summed E-state index contributed by atoms with van der Waals surface area (Å²) in [4.78, 5) is 38.0. The Hall–Kier alpha value is -3.67. The molecule has 0 saturated heterocycles. The molecule has 0 aromatic carbocycles. The van der Waals surface area contributed by atoms with Crippen molar-refractivity contribution in [3.05, 3.63) is 97.2 Å². The van der Waals surface area contributed by atoms with Gasteiger partial charge in [-0.15, -0.1) is 0 Å². The highest BCUT2D eigenvalue weighted by atomic mass is 16.6. The third-order valence-corrected chi connectivity index (χ3v) is 11.0. The number of hydrogen-bond donors (Lipinski definition) is 0. The molecule has 0 rings (SSSR count). The van der Waals surface area contributed by atoms with E-state index >= 15 is 0 Å². The van der Waals surface area contributed by atoms with Crippen LogP contribution in [0.3, 0.4) is 0 Å². The van der Waals surface area contributed by atoms with E-state index in [4.69, 9.17) is 14.2 Å². The Kier molecular flexibility index (Phi) is 50.0. The highest BCUT2D eigenvalue weighted by Gasteiger charge is 2.19. The van der Waals surface area contributed by atoms with Crippen LogP contribution in [0, 0.1) is 0 Å². The molecule has 0 amide bonds. The minimum atomic E-state index is -0.812. The van der Waals surface area contributed by atoms with E-state index in [1.165, 1.54) is 77.0 Å². The number of ether oxygens (including phenoxy) is 3. The third kappa shape index (κ3) is 51.2. The van der Waals surface area contributed by atoms with Gasteiger partial charge in [-0.3, -0.25) is 14.4 Å². The van der Waals surface area contributed by atoms with Crippen molar-refractivity contribution in [3.63, 3.8) is 0 Å². The van der Waals surface area contributed by atoms with Crippen LogP contribution in [-0.4, -0.2) is 37.2 Å². The van der Waals surface area contributed by atoms with Crippen LogP contribution in [0.15, 0.2) is 97.2 Å². The van der Waals surface area contributed by atoms with Crippen LogP contribution >= 0.6 is 0 Å². The summed E-state index contributed by atoms with van der Waals surface area (Å²) in [6.07, 6.45) is 69.6. The minimum absolute atomic E-state index is 0.108. The Morgan fingerprint density at radius 2 is 0.615 bits per heavy atom. The molecule has 0 aromatic rings. The van der Waals surface area contributed by atoms with Crippen molar-refractivity contribution >= 4 is 17.9 Å². The smallest absolute Gasteiger partial charge is 0.306 e. The summed E-state index contributed by atoms with van der Waals surface area (Å²) in [6, 6.07) is 0. The molecule has 0 radical (unpaired) electrons. The van der Waals surface area contributed by atoms with Crippen LogP contribution in [0.5, 0.6) is 0 Å². The maximum atomic E-state index is 12.8. The van der Waals surface area contributed by atoms with Gasteiger partial charge in [0.2, 0.25) is 0 Å². The molecule has 0 aliphatic rings. The maximum Gasteiger partial charge on any atom is 0.306 e. The largest absolute Gasteiger partial charge is 0.462 e. The monoisotopic (exact) mass is 903 g/mol. The summed E-state index contributed by atoms with van der Waals surface area (Å²) < 4.78 is 16.8. The van der Waals surface area contributed by atoms with Gasteiger partial charge in [0.15, 0.2) is 6.10 Å². The molecule has 0 aliphatic heterocycles. The minimum Gasteiger partial charge on any atom is -0.462 e. The molecular formula is C59H98O6. The van der Waals surface area contributed by atoms with Crippen LogP contribution in [0.4, 0.5) is 0 Å². The van der Waals surface area contributed by atoms with E-state index in [2.05, 4.69) is 118 Å². The lowest BCUT2D eigenvalue weighted by Crippen LogP contribution is -2.30. The van der Waals surface area contributed by atoms with Gasteiger partial charge in [0.05, 0.1) is 0 Å². The lowest BCUT2D eigenvalue weighted by atomic mass is 10.1. The van der Waals surface area contributed by atoms with Crippen LogP contribution < -0.4 is 0 Å². The van der Waals surface area contributed by atoms with Crippen LogP contribution in [0.1, 0.15) is 239 Å². The summed E-state index contributed by atoms with van der Waals surface area (Å²) in [7, 11) is 0. The van der Waals surface area contributed by atoms with Gasteiger partial charge in [0, 0.05) is 19.3 Å². The van der Waals surface area contributed by atoms with Gasteiger partial charge < -0.3 is 14.2 Å². The molecule has 0 bridgehead atoms. The molecule has 0 spiro atoms. The maximum absolute atomic E-state index is 12.8. The second kappa shape index (κ2) is 52.9. The van der Waals surface area contributed by atoms with E-state index in [0.717, 1.165) is 116 Å². The lowest BCUT2D eigenvalue weighted by molar-refractivity contribution is -0.167. The first-order chi connectivity index (χ1) is 32.0. The predicted octanol–water partition coefficient (Wildman–Crippen LogP) is 17.8. The molecule has 0 heterocycles. The zero-order valence-corrected chi connectivity index (χ0v) is 42.2. The first-order valence-electron chi connectivity index (χ1n) is 26.7. The van der Waals surface area contributed by atoms with Crippen molar-refractivity contribution in [3.8, 4) is 0 Å². The van der Waals surface area contributed by atoms with Gasteiger partial charge in [-0.05, 0) is 116 Å². The number of hydrogen-bond acceptors (Lipinski definition) is 6. The van der Waals surface area contributed by atoms with E-state index in [-0.39, 0.29) is 37.5 Å².